The van der Waals surface area contributed by atoms with Crippen LogP contribution in [0.15, 0.2) is 30.3 Å². The first kappa shape index (κ1) is 15.2. The van der Waals surface area contributed by atoms with E-state index < -0.39 is 0 Å². The van der Waals surface area contributed by atoms with Gasteiger partial charge >= 0.3 is 0 Å². The van der Waals surface area contributed by atoms with E-state index in [9.17, 15) is 9.59 Å². The minimum absolute atomic E-state index is 0.0350. The summed E-state index contributed by atoms with van der Waals surface area (Å²) in [5, 5.41) is 5.69. The summed E-state index contributed by atoms with van der Waals surface area (Å²) in [5.41, 5.74) is 1.12. The summed E-state index contributed by atoms with van der Waals surface area (Å²) in [6.07, 6.45) is 0. The lowest BCUT2D eigenvalue weighted by Gasteiger charge is -2.15. The van der Waals surface area contributed by atoms with Gasteiger partial charge in [-0.2, -0.15) is 0 Å². The quantitative estimate of drug-likeness (QED) is 0.787. The summed E-state index contributed by atoms with van der Waals surface area (Å²) in [6, 6.07) is 9.98. The topological polar surface area (TPSA) is 61.4 Å². The largest absolute Gasteiger partial charge is 0.347 e. The van der Waals surface area contributed by atoms with Crippen LogP contribution in [-0.2, 0) is 9.59 Å². The Morgan fingerprint density at radius 3 is 2.37 bits per heavy atom. The Bertz CT molecular complexity index is 418. The molecule has 2 N–H and O–H groups in total. The number of benzene rings is 1. The third-order valence-electron chi connectivity index (χ3n) is 2.80. The molecule has 19 heavy (non-hydrogen) atoms. The number of nitrogens with one attached hydrogen (secondary N) is 2. The monoisotopic (exact) mass is 263 g/mol. The number of carbonyl (C=O) groups is 2. The maximum atomic E-state index is 11.6. The SMILES string of the molecule is C[C@@H](NCC(=O)NCC(=O)N(C)C)c1ccccc1. The second kappa shape index (κ2) is 7.53. The Labute approximate surface area is 114 Å². The summed E-state index contributed by atoms with van der Waals surface area (Å²) in [6.45, 7) is 2.22. The normalized spacial score (nSPS) is 11.7. The highest BCUT2D eigenvalue weighted by atomic mass is 16.2. The van der Waals surface area contributed by atoms with E-state index in [1.54, 1.807) is 14.1 Å². The molecule has 0 saturated carbocycles. The van der Waals surface area contributed by atoms with Crippen LogP contribution in [0.25, 0.3) is 0 Å². The van der Waals surface area contributed by atoms with Gasteiger partial charge in [-0.15, -0.1) is 0 Å². The van der Waals surface area contributed by atoms with Crippen LogP contribution < -0.4 is 10.6 Å². The van der Waals surface area contributed by atoms with Gasteiger partial charge in [-0.25, -0.2) is 0 Å². The van der Waals surface area contributed by atoms with Crippen molar-refractivity contribution < 1.29 is 9.59 Å². The molecule has 0 saturated heterocycles. The fourth-order valence-corrected chi connectivity index (χ4v) is 1.50. The van der Waals surface area contributed by atoms with Gasteiger partial charge < -0.3 is 15.5 Å². The average Bonchev–Trinajstić information content (AvgIpc) is 2.42. The zero-order valence-electron chi connectivity index (χ0n) is 11.6. The van der Waals surface area contributed by atoms with Crippen LogP contribution in [0.3, 0.4) is 0 Å². The highest BCUT2D eigenvalue weighted by Gasteiger charge is 2.09. The summed E-state index contributed by atoms with van der Waals surface area (Å²) in [4.78, 5) is 24.3. The maximum Gasteiger partial charge on any atom is 0.241 e. The van der Waals surface area contributed by atoms with Crippen molar-refractivity contribution in [1.82, 2.24) is 15.5 Å². The van der Waals surface area contributed by atoms with Crippen molar-refractivity contribution in [2.24, 2.45) is 0 Å². The van der Waals surface area contributed by atoms with Crippen LogP contribution in [0.5, 0.6) is 0 Å². The molecule has 5 heteroatoms. The van der Waals surface area contributed by atoms with Gasteiger partial charge in [-0.05, 0) is 12.5 Å². The van der Waals surface area contributed by atoms with E-state index in [-0.39, 0.29) is 30.9 Å². The molecular formula is C14H21N3O2. The molecule has 0 aliphatic carbocycles. The minimum atomic E-state index is -0.182. The first-order chi connectivity index (χ1) is 9.00. The van der Waals surface area contributed by atoms with Crippen molar-refractivity contribution in [3.8, 4) is 0 Å². The Morgan fingerprint density at radius 2 is 1.79 bits per heavy atom. The predicted molar refractivity (Wildman–Crippen MR) is 74.6 cm³/mol. The molecule has 0 unspecified atom stereocenters. The molecule has 5 nitrogen and oxygen atoms in total. The van der Waals surface area contributed by atoms with E-state index >= 15 is 0 Å². The Morgan fingerprint density at radius 1 is 1.16 bits per heavy atom. The van der Waals surface area contributed by atoms with Crippen molar-refractivity contribution >= 4 is 11.8 Å². The van der Waals surface area contributed by atoms with Crippen molar-refractivity contribution in [2.45, 2.75) is 13.0 Å². The lowest BCUT2D eigenvalue weighted by molar-refractivity contribution is -0.130. The lowest BCUT2D eigenvalue weighted by atomic mass is 10.1. The molecule has 1 aromatic carbocycles. The molecule has 0 aliphatic rings. The number of rotatable bonds is 6. The second-order valence-electron chi connectivity index (χ2n) is 4.58. The highest BCUT2D eigenvalue weighted by molar-refractivity contribution is 5.85. The molecule has 0 heterocycles. The summed E-state index contributed by atoms with van der Waals surface area (Å²) < 4.78 is 0. The molecule has 1 atom stereocenters. The minimum Gasteiger partial charge on any atom is -0.347 e. The van der Waals surface area contributed by atoms with E-state index in [1.807, 2.05) is 37.3 Å². The maximum absolute atomic E-state index is 11.6. The van der Waals surface area contributed by atoms with Gasteiger partial charge in [0.05, 0.1) is 13.1 Å². The molecule has 2 amide bonds. The molecular weight excluding hydrogens is 242 g/mol. The van der Waals surface area contributed by atoms with Crippen LogP contribution in [0, 0.1) is 0 Å². The van der Waals surface area contributed by atoms with E-state index in [1.165, 1.54) is 4.90 Å². The molecule has 0 aliphatic heterocycles. The van der Waals surface area contributed by atoms with Crippen molar-refractivity contribution in [3.05, 3.63) is 35.9 Å². The number of amides is 2. The van der Waals surface area contributed by atoms with Crippen molar-refractivity contribution in [2.75, 3.05) is 27.2 Å². The van der Waals surface area contributed by atoms with E-state index in [0.29, 0.717) is 0 Å². The molecule has 0 aromatic heterocycles. The summed E-state index contributed by atoms with van der Waals surface area (Å²) >= 11 is 0. The molecule has 0 fully saturated rings. The van der Waals surface area contributed by atoms with Gasteiger partial charge in [0.25, 0.3) is 0 Å². The van der Waals surface area contributed by atoms with Gasteiger partial charge in [0.2, 0.25) is 11.8 Å². The molecule has 0 spiro atoms. The van der Waals surface area contributed by atoms with E-state index in [0.717, 1.165) is 5.56 Å². The van der Waals surface area contributed by atoms with Gasteiger partial charge in [0.1, 0.15) is 0 Å². The van der Waals surface area contributed by atoms with Gasteiger partial charge in [0, 0.05) is 20.1 Å². The van der Waals surface area contributed by atoms with Crippen LogP contribution in [0.2, 0.25) is 0 Å². The fourth-order valence-electron chi connectivity index (χ4n) is 1.50. The second-order valence-corrected chi connectivity index (χ2v) is 4.58. The van der Waals surface area contributed by atoms with Gasteiger partial charge in [-0.3, -0.25) is 9.59 Å². The van der Waals surface area contributed by atoms with E-state index in [2.05, 4.69) is 10.6 Å². The Balaban J connectivity index is 2.29. The molecule has 0 radical (unpaired) electrons. The third kappa shape index (κ3) is 5.52. The van der Waals surface area contributed by atoms with Crippen LogP contribution in [0.4, 0.5) is 0 Å². The number of hydrogen-bond donors (Lipinski definition) is 2. The first-order valence-electron chi connectivity index (χ1n) is 6.26. The zero-order chi connectivity index (χ0) is 14.3. The van der Waals surface area contributed by atoms with Gasteiger partial charge in [0.15, 0.2) is 0 Å². The number of hydrogen-bond acceptors (Lipinski definition) is 3. The standard InChI is InChI=1S/C14H21N3O2/c1-11(12-7-5-4-6-8-12)15-9-13(18)16-10-14(19)17(2)3/h4-8,11,15H,9-10H2,1-3H3,(H,16,18)/t11-/m1/s1. The van der Waals surface area contributed by atoms with Crippen molar-refractivity contribution in [1.29, 1.82) is 0 Å². The Hall–Kier alpha value is -1.88. The Kier molecular flexibility index (Phi) is 6.02. The molecule has 1 rings (SSSR count). The van der Waals surface area contributed by atoms with E-state index in [4.69, 9.17) is 0 Å². The lowest BCUT2D eigenvalue weighted by Crippen LogP contribution is -2.40. The predicted octanol–water partition coefficient (Wildman–Crippen LogP) is 0.542. The summed E-state index contributed by atoms with van der Waals surface area (Å²) in [5.74, 6) is -0.303. The summed E-state index contributed by atoms with van der Waals surface area (Å²) in [7, 11) is 3.31. The van der Waals surface area contributed by atoms with Crippen LogP contribution in [0.1, 0.15) is 18.5 Å². The zero-order valence-corrected chi connectivity index (χ0v) is 11.6. The molecule has 0 bridgehead atoms. The molecule has 1 aromatic rings. The first-order valence-corrected chi connectivity index (χ1v) is 6.26. The van der Waals surface area contributed by atoms with Crippen LogP contribution in [-0.4, -0.2) is 43.9 Å². The van der Waals surface area contributed by atoms with Gasteiger partial charge in [-0.1, -0.05) is 30.3 Å². The number of carbonyl (C=O) groups excluding carboxylic acids is 2. The fraction of sp³-hybridized carbons (Fsp3) is 0.429. The highest BCUT2D eigenvalue weighted by Crippen LogP contribution is 2.10. The van der Waals surface area contributed by atoms with Crippen molar-refractivity contribution in [3.63, 3.8) is 0 Å². The molecule has 104 valence electrons. The smallest absolute Gasteiger partial charge is 0.241 e. The number of likely N-dealkylation sites (N-methyl/N-ethyl adjacent to an activating group) is 1. The number of nitrogens with zero attached hydrogens (tertiary/aromatic N) is 1. The average molecular weight is 263 g/mol. The third-order valence-corrected chi connectivity index (χ3v) is 2.80. The van der Waals surface area contributed by atoms with Crippen LogP contribution >= 0.6 is 0 Å².